The standard InChI is InChI=1S/C27H33N3O4/c1-33-17-11-28-27(32)25-8-3-2-7-24(25)21-9-12-29(13-10-21)14-15-30-16-18-34-26(20-30)22-5-4-6-23(31)19-22/h2-8,16,18,20-21H,9-15,17,19H2,1H3,(H,28,32). The minimum atomic E-state index is -0.0259. The molecule has 1 aliphatic carbocycles. The monoisotopic (exact) mass is 463 g/mol. The van der Waals surface area contributed by atoms with Gasteiger partial charge in [0, 0.05) is 56.7 Å². The summed E-state index contributed by atoms with van der Waals surface area (Å²) >= 11 is 0. The Labute approximate surface area is 201 Å². The molecule has 4 rings (SSSR count). The first-order valence-electron chi connectivity index (χ1n) is 11.9. The zero-order chi connectivity index (χ0) is 23.8. The highest BCUT2D eigenvalue weighted by Crippen LogP contribution is 2.30. The molecule has 7 heteroatoms. The summed E-state index contributed by atoms with van der Waals surface area (Å²) in [5, 5.41) is 2.95. The van der Waals surface area contributed by atoms with Gasteiger partial charge in [0.15, 0.2) is 5.78 Å². The first-order chi connectivity index (χ1) is 16.6. The normalized spacial score (nSPS) is 19.0. The van der Waals surface area contributed by atoms with Crippen molar-refractivity contribution in [2.75, 3.05) is 46.4 Å². The van der Waals surface area contributed by atoms with E-state index in [-0.39, 0.29) is 11.7 Å². The Bertz CT molecular complexity index is 1000. The molecule has 0 atom stereocenters. The summed E-state index contributed by atoms with van der Waals surface area (Å²) in [4.78, 5) is 28.9. The zero-order valence-electron chi connectivity index (χ0n) is 19.7. The SMILES string of the molecule is COCCNC(=O)c1ccccc1C1CCN(CCN2C=COC(C3=CC=CC(=O)C3)=C2)CC1. The number of ketones is 1. The molecule has 1 aromatic rings. The van der Waals surface area contributed by atoms with E-state index in [1.54, 1.807) is 25.5 Å². The second kappa shape index (κ2) is 11.8. The number of hydrogen-bond donors (Lipinski definition) is 1. The first kappa shape index (κ1) is 24.0. The van der Waals surface area contributed by atoms with Crippen molar-refractivity contribution in [2.24, 2.45) is 0 Å². The van der Waals surface area contributed by atoms with Gasteiger partial charge in [0.05, 0.1) is 6.61 Å². The van der Waals surface area contributed by atoms with Crippen LogP contribution in [0.25, 0.3) is 0 Å². The number of nitrogens with zero attached hydrogens (tertiary/aromatic N) is 2. The molecule has 0 spiro atoms. The molecule has 1 amide bonds. The first-order valence-corrected chi connectivity index (χ1v) is 11.9. The topological polar surface area (TPSA) is 71.1 Å². The Balaban J connectivity index is 1.28. The molecule has 34 heavy (non-hydrogen) atoms. The number of allylic oxidation sites excluding steroid dienone is 4. The lowest BCUT2D eigenvalue weighted by Gasteiger charge is -2.34. The number of nitrogens with one attached hydrogen (secondary N) is 1. The van der Waals surface area contributed by atoms with Crippen molar-refractivity contribution < 1.29 is 19.1 Å². The Morgan fingerprint density at radius 1 is 1.21 bits per heavy atom. The molecule has 3 aliphatic rings. The molecular formula is C27H33N3O4. The third-order valence-corrected chi connectivity index (χ3v) is 6.49. The summed E-state index contributed by atoms with van der Waals surface area (Å²) in [7, 11) is 1.63. The predicted octanol–water partition coefficient (Wildman–Crippen LogP) is 3.34. The fourth-order valence-electron chi connectivity index (χ4n) is 4.60. The molecule has 1 saturated heterocycles. The number of methoxy groups -OCH3 is 1. The lowest BCUT2D eigenvalue weighted by molar-refractivity contribution is -0.114. The van der Waals surface area contributed by atoms with E-state index < -0.39 is 0 Å². The van der Waals surface area contributed by atoms with Gasteiger partial charge in [0.25, 0.3) is 5.91 Å². The number of benzene rings is 1. The lowest BCUT2D eigenvalue weighted by Crippen LogP contribution is -2.38. The minimum absolute atomic E-state index is 0.0259. The van der Waals surface area contributed by atoms with E-state index in [9.17, 15) is 9.59 Å². The van der Waals surface area contributed by atoms with Gasteiger partial charge in [-0.05, 0) is 49.6 Å². The van der Waals surface area contributed by atoms with Crippen LogP contribution in [-0.2, 0) is 14.3 Å². The minimum Gasteiger partial charge on any atom is -0.462 e. The Morgan fingerprint density at radius 3 is 2.82 bits per heavy atom. The quantitative estimate of drug-likeness (QED) is 0.567. The lowest BCUT2D eigenvalue weighted by atomic mass is 9.86. The number of rotatable bonds is 9. The molecule has 2 aliphatic heterocycles. The molecule has 0 radical (unpaired) electrons. The molecule has 1 N–H and O–H groups in total. The molecule has 0 bridgehead atoms. The van der Waals surface area contributed by atoms with Crippen molar-refractivity contribution in [1.82, 2.24) is 15.1 Å². The van der Waals surface area contributed by atoms with E-state index in [0.717, 1.165) is 61.5 Å². The third-order valence-electron chi connectivity index (χ3n) is 6.49. The summed E-state index contributed by atoms with van der Waals surface area (Å²) in [6.45, 7) is 4.81. The van der Waals surface area contributed by atoms with Crippen LogP contribution in [0.5, 0.6) is 0 Å². The van der Waals surface area contributed by atoms with Crippen LogP contribution in [0.15, 0.2) is 72.5 Å². The summed E-state index contributed by atoms with van der Waals surface area (Å²) < 4.78 is 10.7. The number of likely N-dealkylation sites (tertiary alicyclic amines) is 1. The molecule has 7 nitrogen and oxygen atoms in total. The Kier molecular flexibility index (Phi) is 8.33. The highest BCUT2D eigenvalue weighted by atomic mass is 16.5. The van der Waals surface area contributed by atoms with E-state index in [1.165, 1.54) is 0 Å². The predicted molar refractivity (Wildman–Crippen MR) is 131 cm³/mol. The molecule has 0 saturated carbocycles. The average Bonchev–Trinajstić information content (AvgIpc) is 2.88. The Hall–Kier alpha value is -3.16. The number of carbonyl (C=O) groups excluding carboxylic acids is 2. The van der Waals surface area contributed by atoms with Crippen molar-refractivity contribution in [3.8, 4) is 0 Å². The van der Waals surface area contributed by atoms with Crippen LogP contribution < -0.4 is 5.32 Å². The maximum atomic E-state index is 12.7. The van der Waals surface area contributed by atoms with E-state index in [1.807, 2.05) is 36.7 Å². The van der Waals surface area contributed by atoms with E-state index in [4.69, 9.17) is 9.47 Å². The van der Waals surface area contributed by atoms with Gasteiger partial charge in [0.2, 0.25) is 0 Å². The summed E-state index contributed by atoms with van der Waals surface area (Å²) in [5.41, 5.74) is 2.83. The molecule has 2 heterocycles. The number of piperidine rings is 1. The van der Waals surface area contributed by atoms with Crippen molar-refractivity contribution in [3.63, 3.8) is 0 Å². The van der Waals surface area contributed by atoms with Crippen LogP contribution in [0.2, 0.25) is 0 Å². The smallest absolute Gasteiger partial charge is 0.251 e. The van der Waals surface area contributed by atoms with Crippen molar-refractivity contribution in [2.45, 2.75) is 25.2 Å². The maximum Gasteiger partial charge on any atom is 0.251 e. The van der Waals surface area contributed by atoms with Gasteiger partial charge in [-0.15, -0.1) is 0 Å². The van der Waals surface area contributed by atoms with Crippen LogP contribution in [0.4, 0.5) is 0 Å². The number of ether oxygens (including phenoxy) is 2. The second-order valence-electron chi connectivity index (χ2n) is 8.78. The molecular weight excluding hydrogens is 430 g/mol. The largest absolute Gasteiger partial charge is 0.462 e. The van der Waals surface area contributed by atoms with E-state index in [2.05, 4.69) is 21.2 Å². The van der Waals surface area contributed by atoms with Crippen molar-refractivity contribution in [1.29, 1.82) is 0 Å². The summed E-state index contributed by atoms with van der Waals surface area (Å²) in [6.07, 6.45) is 13.3. The van der Waals surface area contributed by atoms with E-state index >= 15 is 0 Å². The summed E-state index contributed by atoms with van der Waals surface area (Å²) in [5.74, 6) is 1.19. The van der Waals surface area contributed by atoms with Gasteiger partial charge in [-0.2, -0.15) is 0 Å². The average molecular weight is 464 g/mol. The van der Waals surface area contributed by atoms with Gasteiger partial charge < -0.3 is 24.6 Å². The molecule has 1 aromatic carbocycles. The second-order valence-corrected chi connectivity index (χ2v) is 8.78. The van der Waals surface area contributed by atoms with Gasteiger partial charge in [-0.3, -0.25) is 9.59 Å². The van der Waals surface area contributed by atoms with Gasteiger partial charge >= 0.3 is 0 Å². The van der Waals surface area contributed by atoms with E-state index in [0.29, 0.717) is 25.5 Å². The van der Waals surface area contributed by atoms with Crippen LogP contribution >= 0.6 is 0 Å². The van der Waals surface area contributed by atoms with Crippen LogP contribution in [0.3, 0.4) is 0 Å². The third kappa shape index (κ3) is 6.24. The molecule has 180 valence electrons. The number of amides is 1. The highest BCUT2D eigenvalue weighted by Gasteiger charge is 2.24. The number of carbonyl (C=O) groups is 2. The summed E-state index contributed by atoms with van der Waals surface area (Å²) in [6, 6.07) is 7.96. The molecule has 0 aromatic heterocycles. The molecule has 1 fully saturated rings. The van der Waals surface area contributed by atoms with Crippen LogP contribution in [0, 0.1) is 0 Å². The van der Waals surface area contributed by atoms with Crippen LogP contribution in [-0.4, -0.2) is 67.9 Å². The maximum absolute atomic E-state index is 12.7. The number of hydrogen-bond acceptors (Lipinski definition) is 6. The highest BCUT2D eigenvalue weighted by molar-refractivity contribution is 5.96. The fourth-order valence-corrected chi connectivity index (χ4v) is 4.60. The van der Waals surface area contributed by atoms with Gasteiger partial charge in [0.1, 0.15) is 12.0 Å². The van der Waals surface area contributed by atoms with Crippen molar-refractivity contribution in [3.05, 3.63) is 83.6 Å². The Morgan fingerprint density at radius 2 is 2.03 bits per heavy atom. The molecule has 0 unspecified atom stereocenters. The van der Waals surface area contributed by atoms with Crippen LogP contribution in [0.1, 0.15) is 41.1 Å². The van der Waals surface area contributed by atoms with Gasteiger partial charge in [-0.1, -0.05) is 30.4 Å². The fraction of sp³-hybridized carbons (Fsp3) is 0.407. The van der Waals surface area contributed by atoms with Crippen molar-refractivity contribution >= 4 is 11.7 Å². The van der Waals surface area contributed by atoms with Gasteiger partial charge in [-0.25, -0.2) is 0 Å². The zero-order valence-corrected chi connectivity index (χ0v) is 19.7.